The van der Waals surface area contributed by atoms with Crippen molar-refractivity contribution in [3.63, 3.8) is 0 Å². The number of carbonyl (C=O) groups is 1. The van der Waals surface area contributed by atoms with E-state index in [1.165, 1.54) is 31.2 Å². The summed E-state index contributed by atoms with van der Waals surface area (Å²) in [6.07, 6.45) is -0.988. The van der Waals surface area contributed by atoms with Gasteiger partial charge in [0.2, 0.25) is 0 Å². The minimum Gasteiger partial charge on any atom is -0.412 e. The molecule has 0 aliphatic carbocycles. The maximum absolute atomic E-state index is 12.2. The maximum atomic E-state index is 12.2. The summed E-state index contributed by atoms with van der Waals surface area (Å²) >= 11 is 6.03. The lowest BCUT2D eigenvalue weighted by atomic mass is 10.1. The summed E-state index contributed by atoms with van der Waals surface area (Å²) in [6, 6.07) is 16.7. The zero-order valence-corrected chi connectivity index (χ0v) is 54.3. The van der Waals surface area contributed by atoms with Crippen LogP contribution in [0.15, 0.2) is 170 Å². The van der Waals surface area contributed by atoms with Gasteiger partial charge in [-0.25, -0.2) is 0 Å². The number of hydrogen-bond donors (Lipinski definition) is 4. The fraction of sp³-hybridized carbons (Fsp3) is 0.196. The summed E-state index contributed by atoms with van der Waals surface area (Å²) in [7, 11) is -57.9. The normalized spacial score (nSPS) is 17.9. The third-order valence-corrected chi connectivity index (χ3v) is 16.6. The van der Waals surface area contributed by atoms with Gasteiger partial charge in [-0.1, -0.05) is 197 Å². The van der Waals surface area contributed by atoms with Crippen molar-refractivity contribution in [2.75, 3.05) is 0 Å². The van der Waals surface area contributed by atoms with Gasteiger partial charge < -0.3 is 36.6 Å². The molecule has 0 saturated heterocycles. The predicted molar refractivity (Wildman–Crippen MR) is 311 cm³/mol. The molecule has 0 heterocycles. The van der Waals surface area contributed by atoms with Crippen LogP contribution in [0, 0.1) is 0 Å². The maximum Gasteiger partial charge on any atom is 0.435 e. The van der Waals surface area contributed by atoms with E-state index in [2.05, 4.69) is 40.2 Å². The number of alkyl halides is 1. The first-order valence-corrected chi connectivity index (χ1v) is 36.1. The Labute approximate surface area is 521 Å². The molecule has 10 N–H and O–H groups in total. The van der Waals surface area contributed by atoms with Crippen LogP contribution in [0.25, 0.3) is 0 Å². The predicted octanol–water partition coefficient (Wildman–Crippen LogP) is 27.8. The van der Waals surface area contributed by atoms with Crippen molar-refractivity contribution in [2.45, 2.75) is 77.2 Å². The number of halogens is 32. The van der Waals surface area contributed by atoms with Gasteiger partial charge in [-0.2, -0.15) is 0 Å². The SMILES string of the molecule is CC(=O)c1ccc(S(F)(F)(F)(F)F)cc1.CC(Br)c1ccc(OS(F)(F)(F)(F)F)cc1.CC(N)c1ccc(OS(F)(F)(F)(F)F)cc1.CC(N)c1ccc(S(F)(F)(F)(F)F)cc1.CC(O)c1ccc(S(F)(F)(F)(F)F)cc1.FS(F)(F)(F)(F)c1ccc(Br)cc1.N.O. The highest BCUT2D eigenvalue weighted by molar-refractivity contribution is 9.10. The fourth-order valence-corrected chi connectivity index (χ4v) is 9.77. The van der Waals surface area contributed by atoms with Gasteiger partial charge in [-0.05, 0) is 154 Å². The van der Waals surface area contributed by atoms with E-state index in [0.717, 1.165) is 79.7 Å². The molecule has 6 aromatic carbocycles. The van der Waals surface area contributed by atoms with Gasteiger partial charge in [0.1, 0.15) is 31.1 Å². The van der Waals surface area contributed by atoms with Crippen LogP contribution in [0.5, 0.6) is 11.5 Å². The van der Waals surface area contributed by atoms with Crippen LogP contribution >= 0.6 is 93.8 Å². The number of aliphatic hydroxyl groups is 1. The molecule has 0 fully saturated rings. The highest BCUT2D eigenvalue weighted by atomic mass is 79.9. The van der Waals surface area contributed by atoms with Crippen molar-refractivity contribution < 1.29 is 140 Å². The van der Waals surface area contributed by atoms with Crippen LogP contribution < -0.4 is 26.0 Å². The standard InChI is InChI=1S/C8H8BrF5OS.C8H10F5NOS.C8H10F5NS.C8H9F5OS.C8H7F5OS.C6H4BrF5S.H3N.H2O/c1-6(9)7-2-4-8(5-3-7)15-16(10,11,12,13)14;1-6(14)7-2-4-8(5-3-7)15-16(9,10,11,12)13;3*1-6(14)7-2-4-8(5-3-7)15(9,10,11,12)13;7-5-1-3-6(4-2-5)13(8,9,10,11)12;;/h2-6H,1H3;2-6H,14H2,1H3;2-6H,14H2,1H3;2-6,14H,1H3;2-5H,1H3;1-4H;1H3;1H2. The van der Waals surface area contributed by atoms with Crippen LogP contribution in [0.3, 0.4) is 0 Å². The Bertz CT molecular complexity index is 3330. The van der Waals surface area contributed by atoms with Crippen molar-refractivity contribution in [2.24, 2.45) is 11.5 Å². The Hall–Kier alpha value is -4.65. The molecule has 4 atom stereocenters. The first-order chi connectivity index (χ1) is 38.4. The average Bonchev–Trinajstić information content (AvgIpc) is 2.07. The Morgan fingerprint density at radius 2 is 0.587 bits per heavy atom. The molecule has 8 nitrogen and oxygen atoms in total. The summed E-state index contributed by atoms with van der Waals surface area (Å²) in [5, 5.41) is 8.99. The molecule has 0 aromatic heterocycles. The average molecular weight is 1650 g/mol. The lowest BCUT2D eigenvalue weighted by Crippen LogP contribution is -2.14. The summed E-state index contributed by atoms with van der Waals surface area (Å²) in [4.78, 5) is 2.93. The van der Waals surface area contributed by atoms with Gasteiger partial charge in [0.15, 0.2) is 5.78 Å². The van der Waals surface area contributed by atoms with Gasteiger partial charge in [0.25, 0.3) is 0 Å². The topological polar surface area (TPSA) is 174 Å². The zero-order valence-electron chi connectivity index (χ0n) is 46.2. The molecular formula is C46H53Br2F30N3O5S6. The highest BCUT2D eigenvalue weighted by Crippen LogP contribution is 3.04. The van der Waals surface area contributed by atoms with E-state index < -0.39 is 117 Å². The largest absolute Gasteiger partial charge is 0.435 e. The molecule has 542 valence electrons. The second-order valence-electron chi connectivity index (χ2n) is 18.5. The van der Waals surface area contributed by atoms with Gasteiger partial charge in [0, 0.05) is 26.9 Å². The molecule has 0 amide bonds. The molecule has 4 unspecified atom stereocenters. The smallest absolute Gasteiger partial charge is 0.412 e. The molecule has 6 aromatic rings. The van der Waals surface area contributed by atoms with Crippen LogP contribution in [0.1, 0.15) is 90.2 Å². The van der Waals surface area contributed by atoms with Gasteiger partial charge in [-0.15, -0.1) is 0 Å². The number of carbonyl (C=O) groups excluding carboxylic acids is 1. The Morgan fingerprint density at radius 1 is 0.380 bits per heavy atom. The number of ketones is 1. The first-order valence-electron chi connectivity index (χ1n) is 22.9. The molecule has 46 heteroatoms. The molecule has 6 rings (SSSR count). The molecule has 0 aliphatic heterocycles. The molecule has 0 spiro atoms. The van der Waals surface area contributed by atoms with Gasteiger partial charge in [-0.3, -0.25) is 4.79 Å². The number of rotatable bonds is 13. The Morgan fingerprint density at radius 3 is 0.783 bits per heavy atom. The molecular weight excluding hydrogens is 1600 g/mol. The molecule has 0 radical (unpaired) electrons. The zero-order chi connectivity index (χ0) is 71.6. The molecule has 92 heavy (non-hydrogen) atoms. The minimum atomic E-state index is -9.87. The minimum absolute atomic E-state index is 0. The lowest BCUT2D eigenvalue weighted by Gasteiger charge is -2.40. The Kier molecular flexibility index (Phi) is 23.2. The van der Waals surface area contributed by atoms with E-state index in [4.69, 9.17) is 16.6 Å². The van der Waals surface area contributed by atoms with E-state index >= 15 is 0 Å². The van der Waals surface area contributed by atoms with Crippen molar-refractivity contribution in [1.29, 1.82) is 0 Å². The summed E-state index contributed by atoms with van der Waals surface area (Å²) < 4.78 is 369. The molecule has 0 aliphatic rings. The molecule has 0 saturated carbocycles. The van der Waals surface area contributed by atoms with Crippen LogP contribution in [-0.4, -0.2) is 16.4 Å². The number of nitrogens with two attached hydrogens (primary N) is 2. The van der Waals surface area contributed by atoms with Gasteiger partial charge in [0.05, 0.1) is 6.10 Å². The van der Waals surface area contributed by atoms with E-state index in [1.54, 1.807) is 20.8 Å². The van der Waals surface area contributed by atoms with Crippen LogP contribution in [0.4, 0.5) is 117 Å². The second kappa shape index (κ2) is 23.9. The lowest BCUT2D eigenvalue weighted by molar-refractivity contribution is 0.101. The third kappa shape index (κ3) is 36.3. The van der Waals surface area contributed by atoms with Crippen molar-refractivity contribution >= 4 is 99.5 Å². The monoisotopic (exact) mass is 1650 g/mol. The second-order valence-corrected chi connectivity index (χ2v) is 34.4. The van der Waals surface area contributed by atoms with E-state index in [1.807, 2.05) is 0 Å². The number of aliphatic hydroxyl groups excluding tert-OH is 1. The summed E-state index contributed by atoms with van der Waals surface area (Å²) in [5.74, 6) is -2.36. The van der Waals surface area contributed by atoms with E-state index in [-0.39, 0.29) is 51.8 Å². The van der Waals surface area contributed by atoms with Crippen LogP contribution in [-0.2, 0) is 0 Å². The van der Waals surface area contributed by atoms with Crippen molar-refractivity contribution in [1.82, 2.24) is 6.15 Å². The third-order valence-electron chi connectivity index (χ3n) is 9.88. The van der Waals surface area contributed by atoms with E-state index in [9.17, 15) is 121 Å². The van der Waals surface area contributed by atoms with Crippen LogP contribution in [0.2, 0.25) is 0 Å². The Balaban J connectivity index is 0. The van der Waals surface area contributed by atoms with Crippen molar-refractivity contribution in [3.8, 4) is 11.5 Å². The molecule has 0 bridgehead atoms. The van der Waals surface area contributed by atoms with E-state index in [0.29, 0.717) is 45.4 Å². The number of hydrogen-bond acceptors (Lipinski definition) is 7. The van der Waals surface area contributed by atoms with Gasteiger partial charge >= 0.3 is 61.9 Å². The fourth-order valence-electron chi connectivity index (χ4n) is 5.65. The quantitative estimate of drug-likeness (QED) is 0.0506. The summed E-state index contributed by atoms with van der Waals surface area (Å²) in [6.45, 7) is 7.37. The highest BCUT2D eigenvalue weighted by Gasteiger charge is 2.70. The number of benzene rings is 6. The summed E-state index contributed by atoms with van der Waals surface area (Å²) in [5.41, 5.74) is 12.5. The first kappa shape index (κ1) is 89.4. The number of Topliss-reactive ketones (excluding diaryl/α,β-unsaturated/α-hetero) is 1. The van der Waals surface area contributed by atoms with Crippen molar-refractivity contribution in [3.05, 3.63) is 178 Å².